The third-order valence-corrected chi connectivity index (χ3v) is 5.69. The van der Waals surface area contributed by atoms with E-state index < -0.39 is 20.9 Å². The van der Waals surface area contributed by atoms with Crippen molar-refractivity contribution in [2.24, 2.45) is 0 Å². The molecule has 15 heavy (non-hydrogen) atoms. The average Bonchev–Trinajstić information content (AvgIpc) is 2.20. The molecule has 0 fully saturated rings. The van der Waals surface area contributed by atoms with Crippen molar-refractivity contribution in [1.29, 1.82) is 0 Å². The maximum absolute atomic E-state index is 9.87. The van der Waals surface area contributed by atoms with Crippen LogP contribution in [0, 0.1) is 13.8 Å². The van der Waals surface area contributed by atoms with E-state index >= 15 is 0 Å². The van der Waals surface area contributed by atoms with Gasteiger partial charge in [0.2, 0.25) is 0 Å². The third-order valence-electron chi connectivity index (χ3n) is 2.35. The third kappa shape index (κ3) is 3.03. The summed E-state index contributed by atoms with van der Waals surface area (Å²) in [4.78, 5) is 0. The fraction of sp³-hybridized carbons (Fsp3) is 0.500. The van der Waals surface area contributed by atoms with Crippen LogP contribution in [0.15, 0.2) is 6.07 Å². The molecule has 0 aromatic heterocycles. The Hall–Kier alpha value is -0.390. The molecule has 1 aromatic rings. The normalized spacial score (nSPS) is 10.6. The van der Waals surface area contributed by atoms with Gasteiger partial charge in [0.1, 0.15) is 0 Å². The van der Waals surface area contributed by atoms with Gasteiger partial charge in [-0.15, -0.1) is 0 Å². The van der Waals surface area contributed by atoms with E-state index in [2.05, 4.69) is 6.92 Å². The Labute approximate surface area is 101 Å². The number of hydrogen-bond acceptors (Lipinski definition) is 2. The Bertz CT molecular complexity index is 322. The van der Waals surface area contributed by atoms with Gasteiger partial charge in [-0.1, -0.05) is 0 Å². The molecule has 2 N–H and O–H groups in total. The van der Waals surface area contributed by atoms with Crippen molar-refractivity contribution in [3.63, 3.8) is 0 Å². The number of aromatic hydroxyl groups is 2. The second-order valence-electron chi connectivity index (χ2n) is 3.74. The molecule has 0 spiro atoms. The van der Waals surface area contributed by atoms with E-state index in [1.54, 1.807) is 0 Å². The fourth-order valence-electron chi connectivity index (χ4n) is 1.39. The second-order valence-corrected chi connectivity index (χ2v) is 6.89. The van der Waals surface area contributed by atoms with Crippen molar-refractivity contribution in [3.8, 4) is 11.5 Å². The Morgan fingerprint density at radius 3 is 2.13 bits per heavy atom. The van der Waals surface area contributed by atoms with Crippen LogP contribution >= 0.6 is 0 Å². The number of rotatable bonds is 4. The summed E-state index contributed by atoms with van der Waals surface area (Å²) in [5.41, 5.74) is 1.75. The quantitative estimate of drug-likeness (QED) is 0.660. The van der Waals surface area contributed by atoms with E-state index in [-0.39, 0.29) is 0 Å². The van der Waals surface area contributed by atoms with E-state index in [1.165, 1.54) is 12.8 Å². The van der Waals surface area contributed by atoms with Gasteiger partial charge in [0.05, 0.1) is 0 Å². The van der Waals surface area contributed by atoms with Crippen molar-refractivity contribution in [1.82, 2.24) is 0 Å². The molecule has 0 heterocycles. The molecule has 0 aliphatic rings. The van der Waals surface area contributed by atoms with Gasteiger partial charge in [0, 0.05) is 0 Å². The first-order valence-corrected chi connectivity index (χ1v) is 8.04. The minimum atomic E-state index is -0.441. The molecule has 0 saturated carbocycles. The van der Waals surface area contributed by atoms with E-state index in [0.717, 1.165) is 19.2 Å². The van der Waals surface area contributed by atoms with Crippen molar-refractivity contribution >= 4 is 24.5 Å². The first kappa shape index (κ1) is 12.7. The molecule has 0 radical (unpaired) electrons. The molecule has 0 aliphatic carbocycles. The van der Waals surface area contributed by atoms with Gasteiger partial charge in [0.25, 0.3) is 0 Å². The molecule has 0 saturated heterocycles. The zero-order valence-electron chi connectivity index (χ0n) is 9.50. The van der Waals surface area contributed by atoms with Gasteiger partial charge >= 0.3 is 102 Å². The molecule has 2 nitrogen and oxygen atoms in total. The molecular weight excluding hydrogens is 304 g/mol. The summed E-state index contributed by atoms with van der Waals surface area (Å²) in [6.45, 7) is 5.93. The van der Waals surface area contributed by atoms with Gasteiger partial charge in [0.15, 0.2) is 0 Å². The van der Waals surface area contributed by atoms with Crippen LogP contribution in [0.2, 0.25) is 4.47 Å². The molecule has 84 valence electrons. The summed E-state index contributed by atoms with van der Waals surface area (Å²) < 4.78 is 1.98. The van der Waals surface area contributed by atoms with Crippen molar-refractivity contribution in [2.75, 3.05) is 0 Å². The molecule has 0 amide bonds. The van der Waals surface area contributed by atoms with Crippen LogP contribution in [0.1, 0.15) is 30.9 Å². The molecule has 1 rings (SSSR count). The van der Waals surface area contributed by atoms with Crippen LogP contribution < -0.4 is 3.61 Å². The zero-order valence-corrected chi connectivity index (χ0v) is 11.8. The van der Waals surface area contributed by atoms with Gasteiger partial charge < -0.3 is 0 Å². The summed E-state index contributed by atoms with van der Waals surface area (Å²) in [6.07, 6.45) is 2.37. The molecule has 0 atom stereocenters. The SMILES string of the molecule is CCCC[Te]c1c(O)c(C)cc(C)c1O. The van der Waals surface area contributed by atoms with Gasteiger partial charge in [-0.2, -0.15) is 0 Å². The number of unbranched alkanes of at least 4 members (excludes halogenated alkanes) is 1. The molecule has 0 bridgehead atoms. The van der Waals surface area contributed by atoms with E-state index in [4.69, 9.17) is 0 Å². The molecule has 1 aromatic carbocycles. The zero-order chi connectivity index (χ0) is 11.4. The first-order valence-electron chi connectivity index (χ1n) is 5.22. The second kappa shape index (κ2) is 5.63. The van der Waals surface area contributed by atoms with Crippen LogP contribution in [0.3, 0.4) is 0 Å². The molecule has 3 heteroatoms. The van der Waals surface area contributed by atoms with Crippen LogP contribution in [0.25, 0.3) is 0 Å². The van der Waals surface area contributed by atoms with Crippen LogP contribution in [-0.4, -0.2) is 31.1 Å². The van der Waals surface area contributed by atoms with Crippen molar-refractivity contribution in [2.45, 2.75) is 38.1 Å². The molecular formula is C12H18O2Te. The van der Waals surface area contributed by atoms with E-state index in [0.29, 0.717) is 11.5 Å². The summed E-state index contributed by atoms with van der Waals surface area (Å²) in [6, 6.07) is 1.83. The monoisotopic (exact) mass is 324 g/mol. The van der Waals surface area contributed by atoms with Crippen molar-refractivity contribution < 1.29 is 10.2 Å². The minimum absolute atomic E-state index is 0.316. The standard InChI is InChI=1S/C12H18O2Te/c1-4-5-6-15-12-10(13)8(2)7-9(3)11(12)14/h7,13-14H,4-6H2,1-3H3. The van der Waals surface area contributed by atoms with Crippen LogP contribution in [-0.2, 0) is 0 Å². The predicted octanol–water partition coefficient (Wildman–Crippen LogP) is 2.26. The summed E-state index contributed by atoms with van der Waals surface area (Å²) in [5, 5.41) is 19.7. The number of phenols is 2. The van der Waals surface area contributed by atoms with E-state index in [9.17, 15) is 10.2 Å². The van der Waals surface area contributed by atoms with Crippen LogP contribution in [0.5, 0.6) is 11.5 Å². The van der Waals surface area contributed by atoms with Crippen molar-refractivity contribution in [3.05, 3.63) is 17.2 Å². The number of aryl methyl sites for hydroxylation is 2. The van der Waals surface area contributed by atoms with Gasteiger partial charge in [-0.3, -0.25) is 0 Å². The fourth-order valence-corrected chi connectivity index (χ4v) is 4.90. The predicted molar refractivity (Wildman–Crippen MR) is 64.3 cm³/mol. The van der Waals surface area contributed by atoms with Gasteiger partial charge in [-0.05, 0) is 0 Å². The Balaban J connectivity index is 2.94. The Kier molecular flexibility index (Phi) is 4.76. The maximum atomic E-state index is 9.87. The number of phenolic OH excluding ortho intramolecular Hbond substituents is 2. The first-order chi connectivity index (χ1) is 7.07. The van der Waals surface area contributed by atoms with Crippen LogP contribution in [0.4, 0.5) is 0 Å². The Morgan fingerprint density at radius 2 is 1.67 bits per heavy atom. The summed E-state index contributed by atoms with van der Waals surface area (Å²) in [7, 11) is 0. The number of hydrogen-bond donors (Lipinski definition) is 2. The molecule has 0 aliphatic heterocycles. The number of benzene rings is 1. The molecule has 0 unspecified atom stereocenters. The Morgan fingerprint density at radius 1 is 1.13 bits per heavy atom. The summed E-state index contributed by atoms with van der Waals surface area (Å²) >= 11 is -0.441. The van der Waals surface area contributed by atoms with E-state index in [1.807, 2.05) is 19.9 Å². The van der Waals surface area contributed by atoms with Gasteiger partial charge in [-0.25, -0.2) is 0 Å². The summed E-state index contributed by atoms with van der Waals surface area (Å²) in [5.74, 6) is 0.633. The average molecular weight is 322 g/mol. The topological polar surface area (TPSA) is 40.5 Å².